The second-order valence-electron chi connectivity index (χ2n) is 6.03. The fraction of sp³-hybridized carbons (Fsp3) is 0.786. The molecule has 6 nitrogen and oxygen atoms in total. The molecule has 7 heteroatoms. The number of rotatable bonds is 3. The van der Waals surface area contributed by atoms with Crippen molar-refractivity contribution in [1.29, 1.82) is 0 Å². The SMILES string of the molecule is Cc1nnc(SCC(=O)N2CCC[C@H]3CCCC[C@H]32)n1N. The summed E-state index contributed by atoms with van der Waals surface area (Å²) >= 11 is 1.38. The molecular weight excluding hydrogens is 286 g/mol. The number of amides is 1. The molecule has 2 N–H and O–H groups in total. The van der Waals surface area contributed by atoms with Crippen molar-refractivity contribution in [3.63, 3.8) is 0 Å². The summed E-state index contributed by atoms with van der Waals surface area (Å²) in [6.07, 6.45) is 7.48. The minimum absolute atomic E-state index is 0.220. The van der Waals surface area contributed by atoms with Gasteiger partial charge >= 0.3 is 0 Å². The van der Waals surface area contributed by atoms with Gasteiger partial charge in [-0.2, -0.15) is 0 Å². The third-order valence-corrected chi connectivity index (χ3v) is 5.65. The smallest absolute Gasteiger partial charge is 0.233 e. The third-order valence-electron chi connectivity index (χ3n) is 4.72. The molecule has 2 aliphatic rings. The van der Waals surface area contributed by atoms with Crippen LogP contribution in [0.2, 0.25) is 0 Å². The highest BCUT2D eigenvalue weighted by Gasteiger charge is 2.35. The van der Waals surface area contributed by atoms with Crippen LogP contribution >= 0.6 is 11.8 Å². The van der Waals surface area contributed by atoms with Crippen molar-refractivity contribution >= 4 is 17.7 Å². The second-order valence-corrected chi connectivity index (χ2v) is 6.97. The molecule has 21 heavy (non-hydrogen) atoms. The monoisotopic (exact) mass is 309 g/mol. The van der Waals surface area contributed by atoms with E-state index < -0.39 is 0 Å². The number of nitrogens with zero attached hydrogens (tertiary/aromatic N) is 4. The molecule has 0 aromatic carbocycles. The molecule has 0 spiro atoms. The third kappa shape index (κ3) is 3.02. The van der Waals surface area contributed by atoms with Crippen LogP contribution in [0.5, 0.6) is 0 Å². The molecule has 2 fully saturated rings. The first-order valence-corrected chi connectivity index (χ1v) is 8.74. The van der Waals surface area contributed by atoms with Crippen LogP contribution in [0.25, 0.3) is 0 Å². The second kappa shape index (κ2) is 6.25. The fourth-order valence-electron chi connectivity index (χ4n) is 3.59. The van der Waals surface area contributed by atoms with E-state index in [2.05, 4.69) is 15.1 Å². The maximum Gasteiger partial charge on any atom is 0.233 e. The van der Waals surface area contributed by atoms with Crippen molar-refractivity contribution in [2.75, 3.05) is 18.1 Å². The number of aromatic nitrogens is 3. The van der Waals surface area contributed by atoms with Crippen LogP contribution in [0, 0.1) is 12.8 Å². The standard InChI is InChI=1S/C14H23N5OS/c1-10-16-17-14(19(10)15)21-9-13(20)18-8-4-6-11-5-2-3-7-12(11)18/h11-12H,2-9,15H2,1H3/t11-,12-/m1/s1. The molecule has 1 saturated carbocycles. The first kappa shape index (κ1) is 14.7. The molecule has 1 aliphatic carbocycles. The van der Waals surface area contributed by atoms with E-state index in [9.17, 15) is 4.79 Å². The summed E-state index contributed by atoms with van der Waals surface area (Å²) < 4.78 is 1.44. The van der Waals surface area contributed by atoms with Crippen molar-refractivity contribution in [3.05, 3.63) is 5.82 Å². The van der Waals surface area contributed by atoms with E-state index in [0.717, 1.165) is 18.9 Å². The lowest BCUT2D eigenvalue weighted by Gasteiger charge is -2.44. The number of piperidine rings is 1. The average Bonchev–Trinajstić information content (AvgIpc) is 2.84. The zero-order chi connectivity index (χ0) is 14.8. The Morgan fingerprint density at radius 2 is 2.05 bits per heavy atom. The average molecular weight is 309 g/mol. The lowest BCUT2D eigenvalue weighted by Crippen LogP contribution is -2.50. The van der Waals surface area contributed by atoms with Gasteiger partial charge in [-0.25, -0.2) is 4.68 Å². The summed E-state index contributed by atoms with van der Waals surface area (Å²) in [7, 11) is 0. The van der Waals surface area contributed by atoms with Crippen molar-refractivity contribution in [1.82, 2.24) is 19.8 Å². The van der Waals surface area contributed by atoms with Crippen LogP contribution in [0.3, 0.4) is 0 Å². The highest BCUT2D eigenvalue weighted by molar-refractivity contribution is 7.99. The van der Waals surface area contributed by atoms with Gasteiger partial charge in [0.25, 0.3) is 0 Å². The zero-order valence-corrected chi connectivity index (χ0v) is 13.3. The summed E-state index contributed by atoms with van der Waals surface area (Å²) in [5.74, 6) is 7.83. The van der Waals surface area contributed by atoms with Crippen LogP contribution in [0.15, 0.2) is 5.16 Å². The summed E-state index contributed by atoms with van der Waals surface area (Å²) in [5.41, 5.74) is 0. The summed E-state index contributed by atoms with van der Waals surface area (Å²) in [6.45, 7) is 2.71. The predicted octanol–water partition coefficient (Wildman–Crippen LogP) is 1.57. The fourth-order valence-corrected chi connectivity index (χ4v) is 4.38. The number of aryl methyl sites for hydroxylation is 1. The summed E-state index contributed by atoms with van der Waals surface area (Å²) in [6, 6.07) is 0.470. The van der Waals surface area contributed by atoms with Gasteiger partial charge in [0.15, 0.2) is 0 Å². The van der Waals surface area contributed by atoms with E-state index in [-0.39, 0.29) is 5.91 Å². The lowest BCUT2D eigenvalue weighted by molar-refractivity contribution is -0.134. The molecule has 1 aliphatic heterocycles. The molecule has 1 aromatic rings. The molecule has 116 valence electrons. The van der Waals surface area contributed by atoms with Crippen LogP contribution in [0.4, 0.5) is 0 Å². The Bertz CT molecular complexity index is 515. The van der Waals surface area contributed by atoms with Gasteiger partial charge in [-0.3, -0.25) is 4.79 Å². The molecule has 1 aromatic heterocycles. The number of hydrogen-bond acceptors (Lipinski definition) is 5. The molecule has 2 heterocycles. The number of carbonyl (C=O) groups is 1. The quantitative estimate of drug-likeness (QED) is 0.677. The van der Waals surface area contributed by atoms with Gasteiger partial charge in [0.05, 0.1) is 5.75 Å². The number of nitrogen functional groups attached to an aromatic ring is 1. The van der Waals surface area contributed by atoms with E-state index in [4.69, 9.17) is 5.84 Å². The minimum Gasteiger partial charge on any atom is -0.339 e. The van der Waals surface area contributed by atoms with Crippen molar-refractivity contribution in [2.24, 2.45) is 5.92 Å². The van der Waals surface area contributed by atoms with Crippen LogP contribution in [-0.2, 0) is 4.79 Å². The zero-order valence-electron chi connectivity index (χ0n) is 12.5. The number of fused-ring (bicyclic) bond motifs is 1. The van der Waals surface area contributed by atoms with Gasteiger partial charge in [0.2, 0.25) is 11.1 Å². The van der Waals surface area contributed by atoms with E-state index in [0.29, 0.717) is 22.8 Å². The van der Waals surface area contributed by atoms with Crippen LogP contribution in [0.1, 0.15) is 44.3 Å². The van der Waals surface area contributed by atoms with Crippen molar-refractivity contribution in [3.8, 4) is 0 Å². The highest BCUT2D eigenvalue weighted by Crippen LogP contribution is 2.35. The molecular formula is C14H23N5OS. The van der Waals surface area contributed by atoms with Gasteiger partial charge in [0.1, 0.15) is 5.82 Å². The Morgan fingerprint density at radius 3 is 2.81 bits per heavy atom. The maximum absolute atomic E-state index is 12.6. The Hall–Kier alpha value is -1.24. The number of likely N-dealkylation sites (tertiary alicyclic amines) is 1. The van der Waals surface area contributed by atoms with E-state index in [1.807, 2.05) is 0 Å². The number of nitrogens with two attached hydrogens (primary N) is 1. The molecule has 3 rings (SSSR count). The summed E-state index contributed by atoms with van der Waals surface area (Å²) in [5, 5.41) is 8.52. The molecule has 2 atom stereocenters. The van der Waals surface area contributed by atoms with Gasteiger partial charge in [-0.15, -0.1) is 10.2 Å². The van der Waals surface area contributed by atoms with Crippen molar-refractivity contribution < 1.29 is 4.79 Å². The molecule has 0 unspecified atom stereocenters. The normalized spacial score (nSPS) is 25.7. The minimum atomic E-state index is 0.220. The van der Waals surface area contributed by atoms with Crippen LogP contribution in [-0.4, -0.2) is 44.0 Å². The Labute approximate surface area is 129 Å². The predicted molar refractivity (Wildman–Crippen MR) is 82.3 cm³/mol. The number of carbonyl (C=O) groups excluding carboxylic acids is 1. The molecule has 1 amide bonds. The molecule has 1 saturated heterocycles. The van der Waals surface area contributed by atoms with Crippen molar-refractivity contribution in [2.45, 2.75) is 56.6 Å². The Kier molecular flexibility index (Phi) is 4.37. The largest absolute Gasteiger partial charge is 0.339 e. The Balaban J connectivity index is 1.60. The number of thioether (sulfide) groups is 1. The topological polar surface area (TPSA) is 77.0 Å². The first-order chi connectivity index (χ1) is 10.2. The van der Waals surface area contributed by atoms with E-state index >= 15 is 0 Å². The molecule has 0 bridgehead atoms. The van der Waals surface area contributed by atoms with Gasteiger partial charge < -0.3 is 10.7 Å². The van der Waals surface area contributed by atoms with Gasteiger partial charge in [-0.1, -0.05) is 24.6 Å². The Morgan fingerprint density at radius 1 is 1.29 bits per heavy atom. The summed E-state index contributed by atoms with van der Waals surface area (Å²) in [4.78, 5) is 14.7. The van der Waals surface area contributed by atoms with Gasteiger partial charge in [0, 0.05) is 12.6 Å². The maximum atomic E-state index is 12.6. The van der Waals surface area contributed by atoms with E-state index in [1.54, 1.807) is 6.92 Å². The van der Waals surface area contributed by atoms with Crippen LogP contribution < -0.4 is 5.84 Å². The number of hydrogen-bond donors (Lipinski definition) is 1. The first-order valence-electron chi connectivity index (χ1n) is 7.76. The highest BCUT2D eigenvalue weighted by atomic mass is 32.2. The molecule has 0 radical (unpaired) electrons. The van der Waals surface area contributed by atoms with E-state index in [1.165, 1.54) is 48.5 Å². The van der Waals surface area contributed by atoms with Gasteiger partial charge in [-0.05, 0) is 38.5 Å². The lowest BCUT2D eigenvalue weighted by atomic mass is 9.78.